The van der Waals surface area contributed by atoms with Gasteiger partial charge in [-0.2, -0.15) is 0 Å². The van der Waals surface area contributed by atoms with Crippen molar-refractivity contribution >= 4 is 5.91 Å². The van der Waals surface area contributed by atoms with Gasteiger partial charge >= 0.3 is 0 Å². The van der Waals surface area contributed by atoms with Crippen LogP contribution in [0.1, 0.15) is 17.9 Å². The van der Waals surface area contributed by atoms with E-state index in [0.717, 1.165) is 19.5 Å². The lowest BCUT2D eigenvalue weighted by molar-refractivity contribution is -0.123. The van der Waals surface area contributed by atoms with Gasteiger partial charge in [0.1, 0.15) is 0 Å². The summed E-state index contributed by atoms with van der Waals surface area (Å²) in [5.41, 5.74) is 1.27. The number of methoxy groups -OCH3 is 1. The number of carbonyl (C=O) groups is 1. The van der Waals surface area contributed by atoms with Crippen molar-refractivity contribution in [2.24, 2.45) is 5.92 Å². The summed E-state index contributed by atoms with van der Waals surface area (Å²) in [5, 5.41) is 6.36. The molecule has 1 saturated heterocycles. The molecule has 1 heterocycles. The maximum Gasteiger partial charge on any atom is 0.224 e. The van der Waals surface area contributed by atoms with Gasteiger partial charge in [-0.15, -0.1) is 0 Å². The molecule has 1 aliphatic carbocycles. The van der Waals surface area contributed by atoms with Crippen LogP contribution in [0.4, 0.5) is 0 Å². The third-order valence-electron chi connectivity index (χ3n) is 4.14. The quantitative estimate of drug-likeness (QED) is 0.845. The highest BCUT2D eigenvalue weighted by atomic mass is 16.5. The van der Waals surface area contributed by atoms with E-state index in [1.54, 1.807) is 7.11 Å². The van der Waals surface area contributed by atoms with Crippen LogP contribution in [0.25, 0.3) is 0 Å². The van der Waals surface area contributed by atoms with Gasteiger partial charge in [-0.3, -0.25) is 4.79 Å². The van der Waals surface area contributed by atoms with Crippen LogP contribution in [0.3, 0.4) is 0 Å². The number of benzene rings is 1. The van der Waals surface area contributed by atoms with Crippen LogP contribution < -0.4 is 10.6 Å². The van der Waals surface area contributed by atoms with Crippen molar-refractivity contribution in [2.75, 3.05) is 20.2 Å². The normalized spacial score (nSPS) is 33.1. The zero-order chi connectivity index (χ0) is 13.2. The SMILES string of the molecule is CO[C@H]1CNCC1NC(=O)C1CC1c1ccccc1. The molecule has 1 aliphatic heterocycles. The molecule has 4 atom stereocenters. The van der Waals surface area contributed by atoms with Gasteiger partial charge in [-0.1, -0.05) is 30.3 Å². The first-order valence-corrected chi connectivity index (χ1v) is 6.88. The minimum Gasteiger partial charge on any atom is -0.378 e. The molecule has 1 amide bonds. The molecular formula is C15H20N2O2. The van der Waals surface area contributed by atoms with Gasteiger partial charge in [0.05, 0.1) is 12.1 Å². The first kappa shape index (κ1) is 12.6. The van der Waals surface area contributed by atoms with Crippen LogP contribution in [0.15, 0.2) is 30.3 Å². The maximum absolute atomic E-state index is 12.2. The van der Waals surface area contributed by atoms with Crippen molar-refractivity contribution in [1.29, 1.82) is 0 Å². The molecule has 19 heavy (non-hydrogen) atoms. The fourth-order valence-electron chi connectivity index (χ4n) is 2.89. The minimum absolute atomic E-state index is 0.0953. The van der Waals surface area contributed by atoms with E-state index in [4.69, 9.17) is 4.74 Å². The predicted molar refractivity (Wildman–Crippen MR) is 72.9 cm³/mol. The molecule has 1 saturated carbocycles. The molecule has 4 nitrogen and oxygen atoms in total. The van der Waals surface area contributed by atoms with Crippen molar-refractivity contribution in [2.45, 2.75) is 24.5 Å². The van der Waals surface area contributed by atoms with Gasteiger partial charge < -0.3 is 15.4 Å². The zero-order valence-corrected chi connectivity index (χ0v) is 11.1. The summed E-state index contributed by atoms with van der Waals surface area (Å²) in [6.45, 7) is 1.61. The van der Waals surface area contributed by atoms with Gasteiger partial charge in [0, 0.05) is 26.1 Å². The Balaban J connectivity index is 1.55. The summed E-state index contributed by atoms with van der Waals surface area (Å²) in [7, 11) is 1.70. The highest BCUT2D eigenvalue weighted by Gasteiger charge is 2.45. The summed E-state index contributed by atoms with van der Waals surface area (Å²) in [4.78, 5) is 12.2. The van der Waals surface area contributed by atoms with Crippen LogP contribution in [0.2, 0.25) is 0 Å². The third-order valence-corrected chi connectivity index (χ3v) is 4.14. The second-order valence-electron chi connectivity index (χ2n) is 5.41. The third kappa shape index (κ3) is 2.65. The number of nitrogens with one attached hydrogen (secondary N) is 2. The number of hydrogen-bond acceptors (Lipinski definition) is 3. The second kappa shape index (κ2) is 5.31. The molecular weight excluding hydrogens is 240 g/mol. The van der Waals surface area contributed by atoms with Crippen LogP contribution in [0.5, 0.6) is 0 Å². The van der Waals surface area contributed by atoms with Crippen LogP contribution in [0, 0.1) is 5.92 Å². The maximum atomic E-state index is 12.2. The lowest BCUT2D eigenvalue weighted by Gasteiger charge is -2.18. The van der Waals surface area contributed by atoms with Gasteiger partial charge in [-0.25, -0.2) is 0 Å². The van der Waals surface area contributed by atoms with E-state index in [1.165, 1.54) is 5.56 Å². The average Bonchev–Trinajstić information content (AvgIpc) is 3.14. The second-order valence-corrected chi connectivity index (χ2v) is 5.41. The van der Waals surface area contributed by atoms with Gasteiger partial charge in [0.25, 0.3) is 0 Å². The number of amides is 1. The van der Waals surface area contributed by atoms with Crippen molar-refractivity contribution in [3.05, 3.63) is 35.9 Å². The van der Waals surface area contributed by atoms with E-state index in [9.17, 15) is 4.79 Å². The van der Waals surface area contributed by atoms with E-state index in [1.807, 2.05) is 18.2 Å². The molecule has 3 unspecified atom stereocenters. The monoisotopic (exact) mass is 260 g/mol. The van der Waals surface area contributed by atoms with E-state index >= 15 is 0 Å². The van der Waals surface area contributed by atoms with Crippen LogP contribution >= 0.6 is 0 Å². The van der Waals surface area contributed by atoms with Crippen LogP contribution in [-0.2, 0) is 9.53 Å². The summed E-state index contributed by atoms with van der Waals surface area (Å²) in [6.07, 6.45) is 1.06. The van der Waals surface area contributed by atoms with Crippen molar-refractivity contribution in [1.82, 2.24) is 10.6 Å². The van der Waals surface area contributed by atoms with E-state index in [0.29, 0.717) is 5.92 Å². The molecule has 2 fully saturated rings. The summed E-state index contributed by atoms with van der Waals surface area (Å²) < 4.78 is 5.36. The Labute approximate surface area is 113 Å². The molecule has 1 aromatic carbocycles. The first-order valence-electron chi connectivity index (χ1n) is 6.88. The number of ether oxygens (including phenoxy) is 1. The largest absolute Gasteiger partial charge is 0.378 e. The Kier molecular flexibility index (Phi) is 3.53. The highest BCUT2D eigenvalue weighted by molar-refractivity contribution is 5.83. The Morgan fingerprint density at radius 1 is 1.32 bits per heavy atom. The topological polar surface area (TPSA) is 50.4 Å². The fraction of sp³-hybridized carbons (Fsp3) is 0.533. The molecule has 4 heteroatoms. The molecule has 2 N–H and O–H groups in total. The number of carbonyl (C=O) groups excluding carboxylic acids is 1. The molecule has 102 valence electrons. The Bertz CT molecular complexity index is 449. The Morgan fingerprint density at radius 3 is 2.84 bits per heavy atom. The minimum atomic E-state index is 0.0953. The summed E-state index contributed by atoms with van der Waals surface area (Å²) >= 11 is 0. The molecule has 0 bridgehead atoms. The van der Waals surface area contributed by atoms with E-state index in [2.05, 4.69) is 22.8 Å². The summed E-state index contributed by atoms with van der Waals surface area (Å²) in [6, 6.07) is 10.4. The molecule has 0 radical (unpaired) electrons. The van der Waals surface area contributed by atoms with E-state index < -0.39 is 0 Å². The zero-order valence-electron chi connectivity index (χ0n) is 11.1. The average molecular weight is 260 g/mol. The molecule has 0 aromatic heterocycles. The van der Waals surface area contributed by atoms with Gasteiger partial charge in [0.15, 0.2) is 0 Å². The van der Waals surface area contributed by atoms with Crippen molar-refractivity contribution in [3.63, 3.8) is 0 Å². The lowest BCUT2D eigenvalue weighted by atomic mass is 10.1. The van der Waals surface area contributed by atoms with Crippen molar-refractivity contribution < 1.29 is 9.53 Å². The van der Waals surface area contributed by atoms with Gasteiger partial charge in [0.2, 0.25) is 5.91 Å². The molecule has 0 spiro atoms. The first-order chi connectivity index (χ1) is 9.29. The predicted octanol–water partition coefficient (Wildman–Crippen LogP) is 0.893. The number of rotatable bonds is 4. The molecule has 1 aromatic rings. The highest BCUT2D eigenvalue weighted by Crippen LogP contribution is 2.47. The molecule has 2 aliphatic rings. The standard InChI is InChI=1S/C15H20N2O2/c1-19-14-9-16-8-13(14)17-15(18)12-7-11(12)10-5-3-2-4-6-10/h2-6,11-14,16H,7-9H2,1H3,(H,17,18)/t11?,12?,13?,14-/m0/s1. The Hall–Kier alpha value is -1.39. The van der Waals surface area contributed by atoms with Crippen molar-refractivity contribution in [3.8, 4) is 0 Å². The fourth-order valence-corrected chi connectivity index (χ4v) is 2.89. The van der Waals surface area contributed by atoms with E-state index in [-0.39, 0.29) is 24.0 Å². The smallest absolute Gasteiger partial charge is 0.224 e. The Morgan fingerprint density at radius 2 is 2.11 bits per heavy atom. The van der Waals surface area contributed by atoms with Crippen LogP contribution in [-0.4, -0.2) is 38.3 Å². The summed E-state index contributed by atoms with van der Waals surface area (Å²) in [5.74, 6) is 0.710. The number of hydrogen-bond donors (Lipinski definition) is 2. The lowest BCUT2D eigenvalue weighted by Crippen LogP contribution is -2.44. The molecule has 3 rings (SSSR count). The van der Waals surface area contributed by atoms with Gasteiger partial charge in [-0.05, 0) is 17.9 Å².